The number of carbonyl (C=O) groups excluding carboxylic acids is 1. The van der Waals surface area contributed by atoms with E-state index in [4.69, 9.17) is 24.1 Å². The first-order chi connectivity index (χ1) is 24.7. The number of rotatable bonds is 7. The Hall–Kier alpha value is -3.65. The quantitative estimate of drug-likeness (QED) is 0.0927. The van der Waals surface area contributed by atoms with Crippen molar-refractivity contribution in [3.8, 4) is 0 Å². The predicted molar refractivity (Wildman–Crippen MR) is 218 cm³/mol. The SMILES string of the molecule is CC(C)(C)OC(=O)N1CCCC(CN)C1.Cl.S=C(NCc1ccnc2[nH]ccc12)NCC1CCCNC1.S=C=NCc1ccnc2[nH]ccc12.[2H]C. The Morgan fingerprint density at radius 2 is 1.73 bits per heavy atom. The second-order valence-corrected chi connectivity index (χ2v) is 13.9. The topological polar surface area (TPSA) is 161 Å². The van der Waals surface area contributed by atoms with E-state index in [0.717, 1.165) is 78.3 Å². The summed E-state index contributed by atoms with van der Waals surface area (Å²) in [4.78, 5) is 32.0. The minimum Gasteiger partial charge on any atom is -0.444 e. The molecule has 2 unspecified atom stereocenters. The average molecular weight is 760 g/mol. The summed E-state index contributed by atoms with van der Waals surface area (Å²) in [6.45, 7) is 12.3. The number of nitrogens with one attached hydrogen (secondary N) is 5. The highest BCUT2D eigenvalue weighted by atomic mass is 35.5. The smallest absolute Gasteiger partial charge is 0.410 e. The molecule has 0 aromatic carbocycles. The van der Waals surface area contributed by atoms with Crippen LogP contribution in [-0.2, 0) is 17.8 Å². The predicted octanol–water partition coefficient (Wildman–Crippen LogP) is 6.34. The van der Waals surface area contributed by atoms with Gasteiger partial charge in [-0.25, -0.2) is 19.8 Å². The standard InChI is InChI=1S/C15H21N5S.C11H22N2O2.C9H7N3S.CH4.ClH/c21-15(19-9-11-2-1-5-16-8-11)20-10-12-3-6-17-14-13(12)4-7-18-14;1-11(2,3)15-10(14)13-6-4-5-9(7-12)8-13;13-6-10-5-7-1-3-11-9-8(7)2-4-12-9;;/h3-4,6-7,11,16H,1-2,5,8-10H2,(H,17,18)(H2,19,20,21);9H,4-8,12H2,1-3H3;1-4H,5H2,(H,11,12);1H4;1H/i;;;1D;. The van der Waals surface area contributed by atoms with Gasteiger partial charge in [0.25, 0.3) is 0 Å². The number of ether oxygens (including phenoxy) is 1. The lowest BCUT2D eigenvalue weighted by atomic mass is 9.99. The van der Waals surface area contributed by atoms with Crippen molar-refractivity contribution in [1.82, 2.24) is 40.8 Å². The third-order valence-electron chi connectivity index (χ3n) is 8.31. The number of likely N-dealkylation sites (tertiary alicyclic amines) is 1. The number of pyridine rings is 2. The number of fused-ring (bicyclic) bond motifs is 2. The molecule has 7 N–H and O–H groups in total. The number of thiocarbonyl (C=S) groups is 2. The fraction of sp³-hybridized carbons (Fsp3) is 0.528. The first-order valence-corrected chi connectivity index (χ1v) is 17.7. The minimum atomic E-state index is -0.410. The molecule has 0 spiro atoms. The van der Waals surface area contributed by atoms with E-state index in [2.05, 4.69) is 58.3 Å². The maximum atomic E-state index is 11.7. The number of amides is 1. The maximum Gasteiger partial charge on any atom is 0.410 e. The monoisotopic (exact) mass is 759 g/mol. The summed E-state index contributed by atoms with van der Waals surface area (Å²) in [6, 6.07) is 7.99. The summed E-state index contributed by atoms with van der Waals surface area (Å²) in [5.41, 5.74) is 9.32. The van der Waals surface area contributed by atoms with Crippen LogP contribution in [0.4, 0.5) is 4.79 Å². The molecule has 15 heteroatoms. The van der Waals surface area contributed by atoms with E-state index in [1.807, 2.05) is 63.6 Å². The molecule has 12 nitrogen and oxygen atoms in total. The van der Waals surface area contributed by atoms with Crippen molar-refractivity contribution < 1.29 is 10.9 Å². The summed E-state index contributed by atoms with van der Waals surface area (Å²) in [5, 5.41) is 15.3. The van der Waals surface area contributed by atoms with Crippen molar-refractivity contribution in [2.75, 3.05) is 39.3 Å². The Morgan fingerprint density at radius 3 is 2.33 bits per heavy atom. The van der Waals surface area contributed by atoms with Gasteiger partial charge in [-0.3, -0.25) is 0 Å². The van der Waals surface area contributed by atoms with Gasteiger partial charge in [-0.2, -0.15) is 0 Å². The van der Waals surface area contributed by atoms with Gasteiger partial charge in [0.15, 0.2) is 5.11 Å². The Balaban J connectivity index is 0.000000270. The van der Waals surface area contributed by atoms with E-state index < -0.39 is 5.60 Å². The molecule has 0 saturated carbocycles. The lowest BCUT2D eigenvalue weighted by molar-refractivity contribution is 0.0170. The van der Waals surface area contributed by atoms with Gasteiger partial charge >= 0.3 is 6.09 Å². The third-order valence-corrected chi connectivity index (χ3v) is 8.73. The molecule has 0 aliphatic carbocycles. The molecule has 2 aliphatic rings. The molecule has 4 aromatic heterocycles. The van der Waals surface area contributed by atoms with Gasteiger partial charge in [-0.15, -0.1) is 12.4 Å². The second-order valence-electron chi connectivity index (χ2n) is 13.3. The van der Waals surface area contributed by atoms with Gasteiger partial charge in [0, 0.05) is 63.1 Å². The number of carbonyl (C=O) groups is 1. The van der Waals surface area contributed by atoms with Crippen LogP contribution in [0.3, 0.4) is 0 Å². The fourth-order valence-corrected chi connectivity index (χ4v) is 5.99. The maximum absolute atomic E-state index is 11.7. The molecule has 51 heavy (non-hydrogen) atoms. The summed E-state index contributed by atoms with van der Waals surface area (Å²) >= 11 is 9.87. The van der Waals surface area contributed by atoms with Crippen molar-refractivity contribution >= 4 is 75.3 Å². The van der Waals surface area contributed by atoms with Crippen molar-refractivity contribution in [2.45, 2.75) is 72.5 Å². The summed E-state index contributed by atoms with van der Waals surface area (Å²) in [5.74, 6) is 1.11. The number of aliphatic imine (C=N–C) groups is 1. The van der Waals surface area contributed by atoms with E-state index in [9.17, 15) is 4.79 Å². The zero-order chi connectivity index (χ0) is 37.1. The first kappa shape index (κ1) is 41.8. The van der Waals surface area contributed by atoms with Crippen LogP contribution in [0, 0.1) is 11.8 Å². The number of nitrogens with two attached hydrogens (primary N) is 1. The number of halogens is 1. The van der Waals surface area contributed by atoms with Gasteiger partial charge in [-0.05, 0) is 138 Å². The van der Waals surface area contributed by atoms with Crippen LogP contribution in [0.15, 0.2) is 54.0 Å². The molecule has 6 rings (SSSR count). The van der Waals surface area contributed by atoms with Crippen LogP contribution in [0.5, 0.6) is 0 Å². The van der Waals surface area contributed by atoms with Gasteiger partial charge < -0.3 is 41.3 Å². The van der Waals surface area contributed by atoms with E-state index in [-0.39, 0.29) is 18.5 Å². The molecule has 280 valence electrons. The van der Waals surface area contributed by atoms with Gasteiger partial charge in [0.2, 0.25) is 0 Å². The summed E-state index contributed by atoms with van der Waals surface area (Å²) in [7, 11) is 1.25. The zero-order valence-electron chi connectivity index (χ0n) is 31.2. The highest BCUT2D eigenvalue weighted by molar-refractivity contribution is 7.80. The molecule has 4 aromatic rings. The van der Waals surface area contributed by atoms with E-state index in [1.54, 1.807) is 11.1 Å². The molecular weight excluding hydrogens is 704 g/mol. The fourth-order valence-electron chi connectivity index (χ4n) is 5.77. The highest BCUT2D eigenvalue weighted by Crippen LogP contribution is 2.19. The summed E-state index contributed by atoms with van der Waals surface area (Å²) in [6.07, 6.45) is 11.8. The Morgan fingerprint density at radius 1 is 1.08 bits per heavy atom. The minimum absolute atomic E-state index is 0. The van der Waals surface area contributed by atoms with Crippen LogP contribution in [-0.4, -0.2) is 86.1 Å². The Bertz CT molecular complexity index is 1690. The number of hydrogen-bond acceptors (Lipinski definition) is 9. The van der Waals surface area contributed by atoms with Crippen LogP contribution in [0.2, 0.25) is 0 Å². The van der Waals surface area contributed by atoms with Gasteiger partial charge in [0.1, 0.15) is 16.9 Å². The normalized spacial score (nSPS) is 17.0. The number of nitrogens with zero attached hydrogens (tertiary/aromatic N) is 4. The Labute approximate surface area is 320 Å². The zero-order valence-corrected chi connectivity index (χ0v) is 32.6. The molecule has 0 radical (unpaired) electrons. The molecular formula is C36H55ClN10O2S2. The Kier molecular flexibility index (Phi) is 18.3. The van der Waals surface area contributed by atoms with E-state index >= 15 is 0 Å². The molecule has 2 saturated heterocycles. The number of aromatic amines is 2. The van der Waals surface area contributed by atoms with Crippen molar-refractivity contribution in [1.29, 1.82) is 0 Å². The molecule has 2 fully saturated rings. The van der Waals surface area contributed by atoms with Gasteiger partial charge in [0.05, 0.1) is 11.7 Å². The van der Waals surface area contributed by atoms with Crippen molar-refractivity contribution in [3.05, 3.63) is 60.2 Å². The average Bonchev–Trinajstić information content (AvgIpc) is 3.84. The molecule has 6 heterocycles. The second kappa shape index (κ2) is 22.3. The lowest BCUT2D eigenvalue weighted by Crippen LogP contribution is -2.44. The van der Waals surface area contributed by atoms with Crippen LogP contribution in [0.1, 0.15) is 66.4 Å². The number of piperidine rings is 2. The molecule has 0 bridgehead atoms. The molecule has 2 atom stereocenters. The molecule has 1 amide bonds. The van der Waals surface area contributed by atoms with E-state index in [1.165, 1.54) is 25.8 Å². The van der Waals surface area contributed by atoms with Crippen LogP contribution < -0.4 is 21.7 Å². The van der Waals surface area contributed by atoms with E-state index in [0.29, 0.717) is 31.5 Å². The largest absolute Gasteiger partial charge is 0.444 e. The van der Waals surface area contributed by atoms with Crippen molar-refractivity contribution in [2.24, 2.45) is 22.6 Å². The number of aromatic nitrogens is 4. The number of H-pyrrole nitrogens is 2. The van der Waals surface area contributed by atoms with Crippen LogP contribution >= 0.6 is 36.8 Å². The molecule has 2 aliphatic heterocycles. The van der Waals surface area contributed by atoms with Crippen molar-refractivity contribution in [3.63, 3.8) is 0 Å². The summed E-state index contributed by atoms with van der Waals surface area (Å²) < 4.78 is 11.1. The highest BCUT2D eigenvalue weighted by Gasteiger charge is 2.26. The lowest BCUT2D eigenvalue weighted by Gasteiger charge is -2.33. The number of hydrogen-bond donors (Lipinski definition) is 6. The third kappa shape index (κ3) is 14.5. The van der Waals surface area contributed by atoms with Crippen LogP contribution in [0.25, 0.3) is 22.1 Å². The van der Waals surface area contributed by atoms with Gasteiger partial charge in [-0.1, -0.05) is 7.40 Å². The first-order valence-electron chi connectivity index (χ1n) is 17.9. The number of isothiocyanates is 1.